The van der Waals surface area contributed by atoms with Crippen LogP contribution in [0.15, 0.2) is 30.3 Å². The van der Waals surface area contributed by atoms with Crippen molar-refractivity contribution in [1.29, 1.82) is 0 Å². The summed E-state index contributed by atoms with van der Waals surface area (Å²) in [6.07, 6.45) is 2.43. The third kappa shape index (κ3) is 5.62. The summed E-state index contributed by atoms with van der Waals surface area (Å²) >= 11 is 0. The highest BCUT2D eigenvalue weighted by molar-refractivity contribution is 5.92. The molecule has 184 valence electrons. The van der Waals surface area contributed by atoms with E-state index in [1.807, 2.05) is 18.9 Å². The first-order valence-electron chi connectivity index (χ1n) is 12.0. The largest absolute Gasteiger partial charge is 0.387 e. The predicted molar refractivity (Wildman–Crippen MR) is 129 cm³/mol. The highest BCUT2D eigenvalue weighted by Crippen LogP contribution is 2.33. The zero-order valence-corrected chi connectivity index (χ0v) is 20.7. The molecule has 2 saturated heterocycles. The number of aryl methyl sites for hydroxylation is 1. The molecular weight excluding hydrogens is 433 g/mol. The van der Waals surface area contributed by atoms with Crippen LogP contribution >= 0.6 is 0 Å². The van der Waals surface area contributed by atoms with Gasteiger partial charge in [-0.1, -0.05) is 19.1 Å². The summed E-state index contributed by atoms with van der Waals surface area (Å²) in [5.41, 5.74) is 1.05. The second-order valence-electron chi connectivity index (χ2n) is 10.6. The first kappa shape index (κ1) is 24.7. The third-order valence-corrected chi connectivity index (χ3v) is 7.25. The minimum Gasteiger partial charge on any atom is -0.387 e. The first-order valence-corrected chi connectivity index (χ1v) is 12.0. The van der Waals surface area contributed by atoms with Gasteiger partial charge in [0.15, 0.2) is 0 Å². The van der Waals surface area contributed by atoms with Crippen LogP contribution in [-0.4, -0.2) is 88.1 Å². The molecule has 0 saturated carbocycles. The lowest BCUT2D eigenvalue weighted by Gasteiger charge is -2.36. The summed E-state index contributed by atoms with van der Waals surface area (Å²) < 4.78 is 13.2. The number of amides is 1. The van der Waals surface area contributed by atoms with Gasteiger partial charge in [-0.05, 0) is 77.1 Å². The van der Waals surface area contributed by atoms with Gasteiger partial charge in [-0.3, -0.25) is 9.69 Å². The number of aromatic nitrogens is 2. The molecule has 1 atom stereocenters. The van der Waals surface area contributed by atoms with Crippen LogP contribution in [-0.2, 0) is 12.0 Å². The number of likely N-dealkylation sites (N-methyl/N-ethyl adjacent to an activating group) is 1. The molecule has 7 nitrogen and oxygen atoms in total. The van der Waals surface area contributed by atoms with E-state index in [9.17, 15) is 14.3 Å². The molecule has 4 rings (SSSR count). The normalized spacial score (nSPS) is 23.0. The Bertz CT molecular complexity index is 1020. The Morgan fingerprint density at radius 3 is 2.50 bits per heavy atom. The van der Waals surface area contributed by atoms with E-state index in [2.05, 4.69) is 18.9 Å². The summed E-state index contributed by atoms with van der Waals surface area (Å²) in [7, 11) is 4.05. The average Bonchev–Trinajstić information content (AvgIpc) is 3.18. The van der Waals surface area contributed by atoms with Crippen LogP contribution < -0.4 is 0 Å². The van der Waals surface area contributed by atoms with Gasteiger partial charge in [0, 0.05) is 30.7 Å². The fourth-order valence-corrected chi connectivity index (χ4v) is 5.06. The van der Waals surface area contributed by atoms with Gasteiger partial charge < -0.3 is 14.9 Å². The number of hydrogen-bond acceptors (Lipinski definition) is 6. The number of benzene rings is 1. The highest BCUT2D eigenvalue weighted by atomic mass is 19.1. The van der Waals surface area contributed by atoms with E-state index in [0.717, 1.165) is 43.0 Å². The van der Waals surface area contributed by atoms with Crippen LogP contribution in [0.25, 0.3) is 0 Å². The molecule has 1 aromatic heterocycles. The number of carbonyl (C=O) groups excluding carboxylic acids is 1. The maximum atomic E-state index is 13.4. The van der Waals surface area contributed by atoms with Crippen molar-refractivity contribution in [3.63, 3.8) is 0 Å². The Hall–Kier alpha value is -2.42. The lowest BCUT2D eigenvalue weighted by Crippen LogP contribution is -2.44. The van der Waals surface area contributed by atoms with Crippen molar-refractivity contribution in [1.82, 2.24) is 24.7 Å². The average molecular weight is 470 g/mol. The van der Waals surface area contributed by atoms with Gasteiger partial charge in [0.05, 0.1) is 12.1 Å². The zero-order valence-electron chi connectivity index (χ0n) is 20.7. The van der Waals surface area contributed by atoms with Gasteiger partial charge in [0.25, 0.3) is 5.91 Å². The minimum absolute atomic E-state index is 0.137. The maximum Gasteiger partial charge on any atom is 0.272 e. The molecule has 0 bridgehead atoms. The van der Waals surface area contributed by atoms with Gasteiger partial charge in [-0.2, -0.15) is 0 Å². The molecule has 2 aliphatic heterocycles. The van der Waals surface area contributed by atoms with Crippen molar-refractivity contribution < 1.29 is 14.3 Å². The first-order chi connectivity index (χ1) is 16.1. The summed E-state index contributed by atoms with van der Waals surface area (Å²) in [6, 6.07) is 8.14. The molecular formula is C26H36FN5O2. The van der Waals surface area contributed by atoms with E-state index in [0.29, 0.717) is 31.7 Å². The van der Waals surface area contributed by atoms with Crippen LogP contribution in [0.2, 0.25) is 0 Å². The lowest BCUT2D eigenvalue weighted by molar-refractivity contribution is 0.0163. The van der Waals surface area contributed by atoms with E-state index in [4.69, 9.17) is 9.97 Å². The topological polar surface area (TPSA) is 72.8 Å². The van der Waals surface area contributed by atoms with E-state index in [1.54, 1.807) is 23.1 Å². The molecule has 2 fully saturated rings. The Morgan fingerprint density at radius 2 is 1.82 bits per heavy atom. The van der Waals surface area contributed by atoms with Crippen molar-refractivity contribution >= 4 is 5.91 Å². The van der Waals surface area contributed by atoms with Crippen molar-refractivity contribution in [3.8, 4) is 0 Å². The van der Waals surface area contributed by atoms with Gasteiger partial charge in [0.1, 0.15) is 17.3 Å². The molecule has 0 spiro atoms. The quantitative estimate of drug-likeness (QED) is 0.701. The van der Waals surface area contributed by atoms with Gasteiger partial charge in [-0.15, -0.1) is 0 Å². The number of β-amino-alcohol motifs (C(OH)–C–C–N with tert-alkyl or cyclic N) is 1. The standard InChI is InChI=1S/C26H36FN5O2/c1-19-15-22(29-24(28-19)25(2)9-12-30(3)13-10-25)23(33)32-14-11-26(34,18-32)17-31(4)16-20-5-7-21(27)8-6-20/h5-8,15,34H,9-14,16-18H2,1-4H3/t26-/m1/s1. The molecule has 2 aliphatic rings. The fraction of sp³-hybridized carbons (Fsp3) is 0.577. The number of nitrogens with zero attached hydrogens (tertiary/aromatic N) is 5. The minimum atomic E-state index is -0.991. The molecule has 1 amide bonds. The Kier molecular flexibility index (Phi) is 7.03. The monoisotopic (exact) mass is 469 g/mol. The smallest absolute Gasteiger partial charge is 0.272 e. The molecule has 2 aromatic rings. The molecule has 0 aliphatic carbocycles. The van der Waals surface area contributed by atoms with Gasteiger partial charge in [-0.25, -0.2) is 14.4 Å². The number of aliphatic hydroxyl groups is 1. The molecule has 0 radical (unpaired) electrons. The Balaban J connectivity index is 1.42. The van der Waals surface area contributed by atoms with Crippen molar-refractivity contribution in [3.05, 3.63) is 58.9 Å². The fourth-order valence-electron chi connectivity index (χ4n) is 5.06. The highest BCUT2D eigenvalue weighted by Gasteiger charge is 2.40. The van der Waals surface area contributed by atoms with Crippen LogP contribution in [0.3, 0.4) is 0 Å². The molecule has 34 heavy (non-hydrogen) atoms. The maximum absolute atomic E-state index is 13.4. The lowest BCUT2D eigenvalue weighted by atomic mass is 9.79. The summed E-state index contributed by atoms with van der Waals surface area (Å²) in [5, 5.41) is 11.2. The van der Waals surface area contributed by atoms with Crippen molar-refractivity contribution in [2.75, 3.05) is 46.8 Å². The number of likely N-dealkylation sites (tertiary alicyclic amines) is 2. The number of piperidine rings is 1. The molecule has 1 aromatic carbocycles. The summed E-state index contributed by atoms with van der Waals surface area (Å²) in [6.45, 7) is 7.84. The second-order valence-corrected chi connectivity index (χ2v) is 10.6. The molecule has 8 heteroatoms. The van der Waals surface area contributed by atoms with E-state index in [-0.39, 0.29) is 23.7 Å². The summed E-state index contributed by atoms with van der Waals surface area (Å²) in [5.74, 6) is 0.334. The second kappa shape index (κ2) is 9.68. The third-order valence-electron chi connectivity index (χ3n) is 7.25. The zero-order chi connectivity index (χ0) is 24.5. The van der Waals surface area contributed by atoms with Crippen LogP contribution in [0.1, 0.15) is 53.8 Å². The SMILES string of the molecule is Cc1cc(C(=O)N2CC[C@@](O)(CN(C)Cc3ccc(F)cc3)C2)nc(C2(C)CCN(C)CC2)n1. The number of halogens is 1. The molecule has 3 heterocycles. The predicted octanol–water partition coefficient (Wildman–Crippen LogP) is 2.62. The molecule has 1 N–H and O–H groups in total. The van der Waals surface area contributed by atoms with E-state index in [1.165, 1.54) is 12.1 Å². The number of hydrogen-bond donors (Lipinski definition) is 1. The van der Waals surface area contributed by atoms with Crippen molar-refractivity contribution in [2.45, 2.75) is 50.7 Å². The van der Waals surface area contributed by atoms with Crippen LogP contribution in [0.5, 0.6) is 0 Å². The van der Waals surface area contributed by atoms with Crippen molar-refractivity contribution in [2.24, 2.45) is 0 Å². The molecule has 0 unspecified atom stereocenters. The Labute approximate surface area is 201 Å². The van der Waals surface area contributed by atoms with Crippen LogP contribution in [0, 0.1) is 12.7 Å². The Morgan fingerprint density at radius 1 is 1.15 bits per heavy atom. The van der Waals surface area contributed by atoms with E-state index >= 15 is 0 Å². The van der Waals surface area contributed by atoms with Gasteiger partial charge >= 0.3 is 0 Å². The van der Waals surface area contributed by atoms with Crippen LogP contribution in [0.4, 0.5) is 4.39 Å². The number of rotatable bonds is 6. The van der Waals surface area contributed by atoms with E-state index < -0.39 is 5.60 Å². The summed E-state index contributed by atoms with van der Waals surface area (Å²) in [4.78, 5) is 28.8. The van der Waals surface area contributed by atoms with Gasteiger partial charge in [0.2, 0.25) is 0 Å². The number of carbonyl (C=O) groups is 1.